The molecule has 2 aliphatic rings. The van der Waals surface area contributed by atoms with Crippen molar-refractivity contribution in [2.24, 2.45) is 11.8 Å². The van der Waals surface area contributed by atoms with Gasteiger partial charge in [-0.25, -0.2) is 0 Å². The lowest BCUT2D eigenvalue weighted by molar-refractivity contribution is -0.0809. The van der Waals surface area contributed by atoms with Crippen LogP contribution in [0.2, 0.25) is 0 Å². The Labute approximate surface area is 142 Å². The molecule has 8 nitrogen and oxygen atoms in total. The van der Waals surface area contributed by atoms with E-state index in [1.165, 1.54) is 0 Å². The lowest BCUT2D eigenvalue weighted by atomic mass is 9.67. The molecule has 1 saturated heterocycles. The van der Waals surface area contributed by atoms with Gasteiger partial charge < -0.3 is 24.8 Å². The number of rotatable bonds is 4. The summed E-state index contributed by atoms with van der Waals surface area (Å²) >= 11 is 0. The van der Waals surface area contributed by atoms with Crippen LogP contribution in [0.5, 0.6) is 0 Å². The molecule has 8 heteroatoms. The molecule has 2 heterocycles. The smallest absolute Gasteiger partial charge is 0.314 e. The van der Waals surface area contributed by atoms with Crippen LogP contribution in [0.4, 0.5) is 0 Å². The van der Waals surface area contributed by atoms with Crippen LogP contribution in [0, 0.1) is 11.8 Å². The summed E-state index contributed by atoms with van der Waals surface area (Å²) in [5.74, 6) is 0.254. The maximum absolute atomic E-state index is 12.6. The highest BCUT2D eigenvalue weighted by Gasteiger charge is 2.54. The minimum absolute atomic E-state index is 0.0188. The van der Waals surface area contributed by atoms with Crippen molar-refractivity contribution in [3.8, 4) is 0 Å². The molecule has 2 aromatic rings. The van der Waals surface area contributed by atoms with Gasteiger partial charge in [-0.2, -0.15) is 0 Å². The molecule has 1 aromatic carbocycles. The fourth-order valence-electron chi connectivity index (χ4n) is 3.93. The van der Waals surface area contributed by atoms with Gasteiger partial charge in [-0.3, -0.25) is 14.4 Å². The van der Waals surface area contributed by atoms with Crippen LogP contribution >= 0.6 is 0 Å². The zero-order valence-corrected chi connectivity index (χ0v) is 13.7. The first-order chi connectivity index (χ1) is 12.1. The highest BCUT2D eigenvalue weighted by molar-refractivity contribution is 5.97. The minimum Gasteiger partial charge on any atom is -0.384 e. The lowest BCUT2D eigenvalue weighted by Crippen LogP contribution is -2.62. The van der Waals surface area contributed by atoms with Crippen molar-refractivity contribution >= 4 is 16.9 Å². The Bertz CT molecular complexity index is 934. The topological polar surface area (TPSA) is 113 Å². The first-order valence-corrected chi connectivity index (χ1v) is 8.26. The summed E-state index contributed by atoms with van der Waals surface area (Å²) in [6.07, 6.45) is 1.09. The largest absolute Gasteiger partial charge is 0.384 e. The predicted octanol–water partition coefficient (Wildman–Crippen LogP) is -0.00390. The van der Waals surface area contributed by atoms with Gasteiger partial charge >= 0.3 is 11.1 Å². The van der Waals surface area contributed by atoms with E-state index in [9.17, 15) is 14.4 Å². The van der Waals surface area contributed by atoms with Gasteiger partial charge in [0.15, 0.2) is 0 Å². The van der Waals surface area contributed by atoms with E-state index in [4.69, 9.17) is 9.47 Å². The van der Waals surface area contributed by atoms with Gasteiger partial charge in [0.1, 0.15) is 0 Å². The van der Waals surface area contributed by atoms with Crippen LogP contribution in [0.3, 0.4) is 0 Å². The van der Waals surface area contributed by atoms with Gasteiger partial charge in [-0.15, -0.1) is 0 Å². The zero-order chi connectivity index (χ0) is 17.6. The van der Waals surface area contributed by atoms with Gasteiger partial charge in [0.25, 0.3) is 5.91 Å². The number of nitrogens with one attached hydrogen (secondary N) is 3. The number of amides is 1. The van der Waals surface area contributed by atoms with E-state index in [0.29, 0.717) is 35.7 Å². The predicted molar refractivity (Wildman–Crippen MR) is 89.7 cm³/mol. The summed E-state index contributed by atoms with van der Waals surface area (Å²) in [5, 5.41) is 3.07. The number of fused-ring (bicyclic) bond motifs is 2. The van der Waals surface area contributed by atoms with E-state index in [1.54, 1.807) is 25.3 Å². The molecule has 1 aliphatic heterocycles. The monoisotopic (exact) mass is 345 g/mol. The molecule has 0 radical (unpaired) electrons. The average molecular weight is 345 g/mol. The number of methoxy groups -OCH3 is 1. The summed E-state index contributed by atoms with van der Waals surface area (Å²) in [7, 11) is 1.64. The van der Waals surface area contributed by atoms with Gasteiger partial charge in [-0.1, -0.05) is 0 Å². The van der Waals surface area contributed by atoms with E-state index >= 15 is 0 Å². The molecule has 1 saturated carbocycles. The fourth-order valence-corrected chi connectivity index (χ4v) is 3.93. The Morgan fingerprint density at radius 3 is 2.80 bits per heavy atom. The first kappa shape index (κ1) is 16.0. The van der Waals surface area contributed by atoms with Crippen LogP contribution < -0.4 is 16.4 Å². The van der Waals surface area contributed by atoms with Gasteiger partial charge in [0.05, 0.1) is 23.7 Å². The third kappa shape index (κ3) is 2.67. The summed E-state index contributed by atoms with van der Waals surface area (Å²) in [4.78, 5) is 40.4. The number of hydrogen-bond acceptors (Lipinski definition) is 5. The quantitative estimate of drug-likeness (QED) is 0.675. The van der Waals surface area contributed by atoms with Crippen molar-refractivity contribution in [1.82, 2.24) is 15.3 Å². The van der Waals surface area contributed by atoms with Crippen molar-refractivity contribution in [1.29, 1.82) is 0 Å². The molecule has 0 unspecified atom stereocenters. The molecule has 0 bridgehead atoms. The van der Waals surface area contributed by atoms with E-state index in [0.717, 1.165) is 6.42 Å². The molecule has 132 valence electrons. The molecule has 1 amide bonds. The number of ether oxygens (including phenoxy) is 2. The second-order valence-corrected chi connectivity index (χ2v) is 6.57. The Morgan fingerprint density at radius 2 is 2.04 bits per heavy atom. The Hall–Kier alpha value is -2.45. The standard InChI is InChI=1S/C17H19N3O5/c1-24-7-10-13(9-4-5-25-14(9)10)20-15(21)8-2-3-11-12(6-8)19-17(23)16(22)18-11/h2-3,6,9-10,13-14H,4-5,7H2,1H3,(H,18,22)(H,19,23)(H,20,21)/t9-,10+,13+,14-/m1/s1. The third-order valence-electron chi connectivity index (χ3n) is 5.17. The second kappa shape index (κ2) is 6.12. The van der Waals surface area contributed by atoms with E-state index in [1.807, 2.05) is 0 Å². The molecule has 1 aromatic heterocycles. The maximum atomic E-state index is 12.6. The molecular weight excluding hydrogens is 326 g/mol. The second-order valence-electron chi connectivity index (χ2n) is 6.57. The molecular formula is C17H19N3O5. The van der Waals surface area contributed by atoms with Gasteiger partial charge in [0.2, 0.25) is 0 Å². The van der Waals surface area contributed by atoms with Crippen LogP contribution in [0.25, 0.3) is 11.0 Å². The SMILES string of the molecule is COC[C@H]1[C@@H](NC(=O)c2ccc3[nH]c(=O)c(=O)[nH]c3c2)[C@H]2CCO[C@H]21. The Balaban J connectivity index is 1.56. The number of carbonyl (C=O) groups is 1. The number of carbonyl (C=O) groups excluding carboxylic acids is 1. The number of aromatic amines is 2. The minimum atomic E-state index is -0.741. The van der Waals surface area contributed by atoms with E-state index in [-0.39, 0.29) is 24.0 Å². The number of H-pyrrole nitrogens is 2. The summed E-state index contributed by atoms with van der Waals surface area (Å²) in [6, 6.07) is 4.81. The Morgan fingerprint density at radius 1 is 1.28 bits per heavy atom. The summed E-state index contributed by atoms with van der Waals surface area (Å²) in [5.41, 5.74) is -0.134. The molecule has 4 atom stereocenters. The van der Waals surface area contributed by atoms with Crippen LogP contribution in [0.1, 0.15) is 16.8 Å². The van der Waals surface area contributed by atoms with Crippen LogP contribution in [0.15, 0.2) is 27.8 Å². The van der Waals surface area contributed by atoms with Crippen molar-refractivity contribution in [3.63, 3.8) is 0 Å². The highest BCUT2D eigenvalue weighted by Crippen LogP contribution is 2.43. The number of benzene rings is 1. The molecule has 3 N–H and O–H groups in total. The third-order valence-corrected chi connectivity index (χ3v) is 5.17. The number of hydrogen-bond donors (Lipinski definition) is 3. The van der Waals surface area contributed by atoms with Crippen molar-refractivity contribution in [3.05, 3.63) is 44.5 Å². The van der Waals surface area contributed by atoms with Gasteiger partial charge in [0, 0.05) is 37.2 Å². The first-order valence-electron chi connectivity index (χ1n) is 8.26. The van der Waals surface area contributed by atoms with Crippen molar-refractivity contribution < 1.29 is 14.3 Å². The van der Waals surface area contributed by atoms with Gasteiger partial charge in [-0.05, 0) is 24.6 Å². The summed E-state index contributed by atoms with van der Waals surface area (Å²) < 4.78 is 11.0. The Kier molecular flexibility index (Phi) is 3.93. The highest BCUT2D eigenvalue weighted by atomic mass is 16.5. The molecule has 25 heavy (non-hydrogen) atoms. The number of aromatic nitrogens is 2. The average Bonchev–Trinajstić information content (AvgIpc) is 3.02. The van der Waals surface area contributed by atoms with Crippen LogP contribution in [-0.2, 0) is 9.47 Å². The van der Waals surface area contributed by atoms with E-state index in [2.05, 4.69) is 15.3 Å². The maximum Gasteiger partial charge on any atom is 0.314 e. The molecule has 4 rings (SSSR count). The zero-order valence-electron chi connectivity index (χ0n) is 13.7. The fraction of sp³-hybridized carbons (Fsp3) is 0.471. The van der Waals surface area contributed by atoms with E-state index < -0.39 is 11.1 Å². The molecule has 2 fully saturated rings. The van der Waals surface area contributed by atoms with Crippen molar-refractivity contribution in [2.45, 2.75) is 18.6 Å². The van der Waals surface area contributed by atoms with Crippen molar-refractivity contribution in [2.75, 3.05) is 20.3 Å². The normalized spacial score (nSPS) is 27.7. The lowest BCUT2D eigenvalue weighted by Gasteiger charge is -2.47. The molecule has 1 aliphatic carbocycles. The van der Waals surface area contributed by atoms with Crippen LogP contribution in [-0.4, -0.2) is 48.3 Å². The summed E-state index contributed by atoms with van der Waals surface area (Å²) in [6.45, 7) is 1.25. The molecule has 0 spiro atoms.